The maximum Gasteiger partial charge on any atom is 0.255 e. The summed E-state index contributed by atoms with van der Waals surface area (Å²) in [6, 6.07) is 18.0. The van der Waals surface area contributed by atoms with Crippen molar-refractivity contribution in [1.29, 1.82) is 0 Å². The highest BCUT2D eigenvalue weighted by Crippen LogP contribution is 2.32. The molecule has 3 heterocycles. The quantitative estimate of drug-likeness (QED) is 0.570. The molecule has 0 bridgehead atoms. The highest BCUT2D eigenvalue weighted by atomic mass is 16.5. The van der Waals surface area contributed by atoms with E-state index in [-0.39, 0.29) is 30.2 Å². The lowest BCUT2D eigenvalue weighted by Crippen LogP contribution is -2.52. The Morgan fingerprint density at radius 3 is 2.63 bits per heavy atom. The molecule has 0 spiro atoms. The maximum atomic E-state index is 13.0. The number of nitrogens with zero attached hydrogens (tertiary/aromatic N) is 2. The molecular weight excluding hydrogens is 444 g/mol. The van der Waals surface area contributed by atoms with Crippen LogP contribution in [-0.4, -0.2) is 49.0 Å². The summed E-state index contributed by atoms with van der Waals surface area (Å²) in [7, 11) is 1.67. The van der Waals surface area contributed by atoms with Gasteiger partial charge in [-0.15, -0.1) is 0 Å². The molecule has 0 saturated carbocycles. The van der Waals surface area contributed by atoms with Crippen molar-refractivity contribution in [1.82, 2.24) is 15.5 Å². The van der Waals surface area contributed by atoms with Crippen LogP contribution < -0.4 is 20.3 Å². The lowest BCUT2D eigenvalue weighted by atomic mass is 10.0. The van der Waals surface area contributed by atoms with Gasteiger partial charge in [-0.3, -0.25) is 25.0 Å². The molecule has 8 heteroatoms. The first kappa shape index (κ1) is 21.6. The molecule has 3 aliphatic heterocycles. The molecule has 0 aliphatic carbocycles. The minimum absolute atomic E-state index is 0.131. The van der Waals surface area contributed by atoms with Crippen molar-refractivity contribution in [3.63, 3.8) is 0 Å². The Morgan fingerprint density at radius 1 is 0.971 bits per heavy atom. The fraction of sp³-hybridized carbons (Fsp3) is 0.296. The number of rotatable bonds is 4. The number of anilines is 1. The number of fused-ring (bicyclic) bond motifs is 2. The van der Waals surface area contributed by atoms with E-state index in [1.807, 2.05) is 24.3 Å². The van der Waals surface area contributed by atoms with Gasteiger partial charge in [0.15, 0.2) is 0 Å². The zero-order valence-electron chi connectivity index (χ0n) is 19.4. The zero-order chi connectivity index (χ0) is 24.1. The molecular formula is C27H26N4O4. The van der Waals surface area contributed by atoms with Crippen LogP contribution >= 0.6 is 0 Å². The van der Waals surface area contributed by atoms with Crippen molar-refractivity contribution >= 4 is 34.2 Å². The van der Waals surface area contributed by atoms with Crippen molar-refractivity contribution in [3.05, 3.63) is 71.3 Å². The van der Waals surface area contributed by atoms with Gasteiger partial charge in [0.1, 0.15) is 11.8 Å². The Labute approximate surface area is 202 Å². The van der Waals surface area contributed by atoms with Gasteiger partial charge in [0.2, 0.25) is 11.8 Å². The van der Waals surface area contributed by atoms with Crippen LogP contribution in [0.5, 0.6) is 5.75 Å². The monoisotopic (exact) mass is 470 g/mol. The summed E-state index contributed by atoms with van der Waals surface area (Å²) >= 11 is 0. The van der Waals surface area contributed by atoms with Crippen LogP contribution in [0.1, 0.15) is 40.4 Å². The molecule has 0 radical (unpaired) electrons. The molecule has 3 aliphatic rings. The molecule has 2 atom stereocenters. The van der Waals surface area contributed by atoms with E-state index in [2.05, 4.69) is 45.9 Å². The number of piperidine rings is 1. The van der Waals surface area contributed by atoms with Gasteiger partial charge in [-0.1, -0.05) is 24.3 Å². The van der Waals surface area contributed by atoms with E-state index < -0.39 is 6.04 Å². The fourth-order valence-corrected chi connectivity index (χ4v) is 5.34. The highest BCUT2D eigenvalue weighted by Gasteiger charge is 2.39. The summed E-state index contributed by atoms with van der Waals surface area (Å²) in [6.07, 6.45) is 0.626. The van der Waals surface area contributed by atoms with Crippen LogP contribution in [0.3, 0.4) is 0 Å². The van der Waals surface area contributed by atoms with E-state index in [0.717, 1.165) is 46.5 Å². The smallest absolute Gasteiger partial charge is 0.255 e. The molecule has 35 heavy (non-hydrogen) atoms. The highest BCUT2D eigenvalue weighted by molar-refractivity contribution is 6.05. The molecule has 0 aromatic heterocycles. The van der Waals surface area contributed by atoms with Gasteiger partial charge in [0, 0.05) is 30.8 Å². The summed E-state index contributed by atoms with van der Waals surface area (Å²) < 4.78 is 5.33. The largest absolute Gasteiger partial charge is 0.497 e. The number of imide groups is 1. The van der Waals surface area contributed by atoms with E-state index in [1.165, 1.54) is 0 Å². The van der Waals surface area contributed by atoms with Crippen LogP contribution in [0.25, 0.3) is 10.8 Å². The Hall–Kier alpha value is -3.91. The number of benzene rings is 3. The average molecular weight is 471 g/mol. The second kappa shape index (κ2) is 8.39. The first-order valence-corrected chi connectivity index (χ1v) is 11.8. The molecule has 6 rings (SSSR count). The lowest BCUT2D eigenvalue weighted by Gasteiger charge is -2.29. The lowest BCUT2D eigenvalue weighted by molar-refractivity contribution is -0.136. The van der Waals surface area contributed by atoms with Crippen molar-refractivity contribution < 1.29 is 19.1 Å². The maximum absolute atomic E-state index is 13.0. The first-order chi connectivity index (χ1) is 17.0. The van der Waals surface area contributed by atoms with E-state index in [1.54, 1.807) is 12.0 Å². The third-order valence-electron chi connectivity index (χ3n) is 7.28. The number of hydrogen-bond donors (Lipinski definition) is 2. The minimum atomic E-state index is -0.594. The molecule has 3 amide bonds. The van der Waals surface area contributed by atoms with E-state index in [0.29, 0.717) is 18.5 Å². The van der Waals surface area contributed by atoms with E-state index in [9.17, 15) is 14.4 Å². The Balaban J connectivity index is 1.18. The minimum Gasteiger partial charge on any atom is -0.497 e. The van der Waals surface area contributed by atoms with Crippen molar-refractivity contribution in [3.8, 4) is 5.75 Å². The standard InChI is InChI=1S/C27H26N4O4/c1-35-21-6-3-16-11-20(5-2-17(16)12-21)30-14-23(28-15-30)18-4-7-22-19(10-18)13-31(27(22)34)24-8-9-25(32)29-26(24)33/h2-7,10-12,23-24,28H,8-9,13-15H2,1H3,(H,29,32,33). The van der Waals surface area contributed by atoms with E-state index in [4.69, 9.17) is 4.74 Å². The van der Waals surface area contributed by atoms with Gasteiger partial charge < -0.3 is 14.5 Å². The molecule has 2 unspecified atom stereocenters. The number of hydrogen-bond acceptors (Lipinski definition) is 6. The van der Waals surface area contributed by atoms with Gasteiger partial charge in [-0.2, -0.15) is 0 Å². The number of methoxy groups -OCH3 is 1. The summed E-state index contributed by atoms with van der Waals surface area (Å²) in [5.74, 6) is 0.0412. The van der Waals surface area contributed by atoms with Crippen LogP contribution in [0.2, 0.25) is 0 Å². The van der Waals surface area contributed by atoms with Gasteiger partial charge in [-0.05, 0) is 58.7 Å². The number of carbonyl (C=O) groups excluding carboxylic acids is 3. The van der Waals surface area contributed by atoms with Crippen molar-refractivity contribution in [2.75, 3.05) is 25.2 Å². The molecule has 2 saturated heterocycles. The van der Waals surface area contributed by atoms with Gasteiger partial charge >= 0.3 is 0 Å². The van der Waals surface area contributed by atoms with Gasteiger partial charge in [-0.25, -0.2) is 0 Å². The SMILES string of the molecule is COc1ccc2cc(N3CNC(c4ccc5c(c4)CN(C4CCC(=O)NC4=O)C5=O)C3)ccc2c1. The summed E-state index contributed by atoms with van der Waals surface area (Å²) in [4.78, 5) is 40.7. The topological polar surface area (TPSA) is 91.0 Å². The third-order valence-corrected chi connectivity index (χ3v) is 7.28. The fourth-order valence-electron chi connectivity index (χ4n) is 5.34. The third kappa shape index (κ3) is 3.80. The molecule has 8 nitrogen and oxygen atoms in total. The molecule has 178 valence electrons. The Bertz CT molecular complexity index is 1370. The summed E-state index contributed by atoms with van der Waals surface area (Å²) in [5, 5.41) is 8.24. The molecule has 3 aromatic rings. The molecule has 3 aromatic carbocycles. The predicted octanol–water partition coefficient (Wildman–Crippen LogP) is 2.72. The Morgan fingerprint density at radius 2 is 1.80 bits per heavy atom. The van der Waals surface area contributed by atoms with Crippen molar-refractivity contribution in [2.45, 2.75) is 31.5 Å². The van der Waals surface area contributed by atoms with Crippen LogP contribution in [0.4, 0.5) is 5.69 Å². The van der Waals surface area contributed by atoms with Crippen LogP contribution in [-0.2, 0) is 16.1 Å². The van der Waals surface area contributed by atoms with Gasteiger partial charge in [0.25, 0.3) is 5.91 Å². The molecule has 2 N–H and O–H groups in total. The van der Waals surface area contributed by atoms with E-state index >= 15 is 0 Å². The number of carbonyl (C=O) groups is 3. The first-order valence-electron chi connectivity index (χ1n) is 11.8. The second-order valence-electron chi connectivity index (χ2n) is 9.35. The van der Waals surface area contributed by atoms with Gasteiger partial charge in [0.05, 0.1) is 19.8 Å². The normalized spacial score (nSPS) is 22.0. The second-order valence-corrected chi connectivity index (χ2v) is 9.35. The summed E-state index contributed by atoms with van der Waals surface area (Å²) in [5.41, 5.74) is 3.84. The van der Waals surface area contributed by atoms with Crippen molar-refractivity contribution in [2.24, 2.45) is 0 Å². The number of ether oxygens (including phenoxy) is 1. The Kier molecular flexibility index (Phi) is 5.18. The number of nitrogens with one attached hydrogen (secondary N) is 2. The predicted molar refractivity (Wildman–Crippen MR) is 131 cm³/mol. The number of amides is 3. The zero-order valence-corrected chi connectivity index (χ0v) is 19.4. The molecule has 2 fully saturated rings. The average Bonchev–Trinajstić information content (AvgIpc) is 3.48. The van der Waals surface area contributed by atoms with Crippen LogP contribution in [0.15, 0.2) is 54.6 Å². The summed E-state index contributed by atoms with van der Waals surface area (Å²) in [6.45, 7) is 1.93. The van der Waals surface area contributed by atoms with Crippen LogP contribution in [0, 0.1) is 0 Å².